The van der Waals surface area contributed by atoms with E-state index < -0.39 is 0 Å². The Morgan fingerprint density at radius 3 is 2.75 bits per heavy atom. The summed E-state index contributed by atoms with van der Waals surface area (Å²) in [4.78, 5) is 22.4. The third-order valence-electron chi connectivity index (χ3n) is 4.17. The zero-order valence-corrected chi connectivity index (χ0v) is 17.3. The number of carbonyl (C=O) groups excluding carboxylic acids is 1. The molecule has 2 aromatic heterocycles. The highest BCUT2D eigenvalue weighted by molar-refractivity contribution is 8.00. The zero-order chi connectivity index (χ0) is 19.5. The average molecular weight is 426 g/mol. The number of fused-ring (bicyclic) bond motifs is 1. The van der Waals surface area contributed by atoms with E-state index in [1.165, 1.54) is 11.8 Å². The van der Waals surface area contributed by atoms with Crippen LogP contribution < -0.4 is 5.32 Å². The second-order valence-corrected chi connectivity index (χ2v) is 8.76. The molecule has 1 amide bonds. The number of amides is 1. The van der Waals surface area contributed by atoms with Crippen molar-refractivity contribution >= 4 is 56.5 Å². The molecule has 0 spiro atoms. The topological polar surface area (TPSA) is 54.9 Å². The maximum Gasteiger partial charge on any atom is 0.237 e. The largest absolute Gasteiger partial charge is 0.325 e. The van der Waals surface area contributed by atoms with Gasteiger partial charge in [0, 0.05) is 21.7 Å². The smallest absolute Gasteiger partial charge is 0.237 e. The second-order valence-electron chi connectivity index (χ2n) is 6.13. The first-order valence-corrected chi connectivity index (χ1v) is 10.8. The molecule has 4 rings (SSSR count). The van der Waals surface area contributed by atoms with Gasteiger partial charge in [0.1, 0.15) is 16.2 Å². The van der Waals surface area contributed by atoms with E-state index in [0.717, 1.165) is 26.4 Å². The van der Waals surface area contributed by atoms with Crippen LogP contribution in [0, 0.1) is 0 Å². The molecular weight excluding hydrogens is 410 g/mol. The van der Waals surface area contributed by atoms with Crippen molar-refractivity contribution in [3.8, 4) is 11.1 Å². The Morgan fingerprint density at radius 1 is 1.14 bits per heavy atom. The van der Waals surface area contributed by atoms with Crippen LogP contribution in [0.5, 0.6) is 0 Å². The first-order chi connectivity index (χ1) is 13.6. The number of rotatable bonds is 5. The fraction of sp³-hybridized carbons (Fsp3) is 0.0952. The molecule has 7 heteroatoms. The minimum absolute atomic E-state index is 0.101. The normalized spacial score (nSPS) is 12.1. The Labute approximate surface area is 176 Å². The van der Waals surface area contributed by atoms with Crippen LogP contribution in [0.15, 0.2) is 71.3 Å². The van der Waals surface area contributed by atoms with Crippen LogP contribution in [0.3, 0.4) is 0 Å². The zero-order valence-electron chi connectivity index (χ0n) is 14.9. The SMILES string of the molecule is C[C@@H](Sc1ncnc2scc(-c3ccccc3)c12)C(=O)Nc1cccc(Cl)c1. The van der Waals surface area contributed by atoms with Gasteiger partial charge in [0.15, 0.2) is 0 Å². The molecule has 1 N–H and O–H groups in total. The van der Waals surface area contributed by atoms with Gasteiger partial charge in [0.05, 0.1) is 10.6 Å². The number of halogens is 1. The summed E-state index contributed by atoms with van der Waals surface area (Å²) in [6.07, 6.45) is 1.55. The highest BCUT2D eigenvalue weighted by Gasteiger charge is 2.20. The number of thiophene rings is 1. The summed E-state index contributed by atoms with van der Waals surface area (Å²) in [6.45, 7) is 1.87. The van der Waals surface area contributed by atoms with Crippen LogP contribution in [0.4, 0.5) is 5.69 Å². The van der Waals surface area contributed by atoms with Crippen molar-refractivity contribution in [2.24, 2.45) is 0 Å². The highest BCUT2D eigenvalue weighted by Crippen LogP contribution is 2.39. The molecule has 2 heterocycles. The van der Waals surface area contributed by atoms with Gasteiger partial charge in [-0.25, -0.2) is 9.97 Å². The van der Waals surface area contributed by atoms with Crippen molar-refractivity contribution in [2.45, 2.75) is 17.2 Å². The van der Waals surface area contributed by atoms with Gasteiger partial charge in [-0.3, -0.25) is 4.79 Å². The summed E-state index contributed by atoms with van der Waals surface area (Å²) in [5.74, 6) is -0.101. The van der Waals surface area contributed by atoms with Gasteiger partial charge in [-0.1, -0.05) is 59.8 Å². The number of hydrogen-bond acceptors (Lipinski definition) is 5. The van der Waals surface area contributed by atoms with E-state index >= 15 is 0 Å². The predicted molar refractivity (Wildman–Crippen MR) is 118 cm³/mol. The number of hydrogen-bond donors (Lipinski definition) is 1. The Morgan fingerprint density at radius 2 is 1.96 bits per heavy atom. The van der Waals surface area contributed by atoms with Gasteiger partial charge in [0.25, 0.3) is 0 Å². The van der Waals surface area contributed by atoms with Crippen LogP contribution >= 0.6 is 34.7 Å². The predicted octanol–water partition coefficient (Wildman–Crippen LogP) is 6.13. The fourth-order valence-electron chi connectivity index (χ4n) is 2.80. The van der Waals surface area contributed by atoms with Crippen molar-refractivity contribution in [3.05, 3.63) is 71.3 Å². The molecule has 0 fully saturated rings. The summed E-state index contributed by atoms with van der Waals surface area (Å²) in [5.41, 5.74) is 2.88. The van der Waals surface area contributed by atoms with E-state index in [9.17, 15) is 4.79 Å². The minimum Gasteiger partial charge on any atom is -0.325 e. The molecule has 0 bridgehead atoms. The quantitative estimate of drug-likeness (QED) is 0.308. The Balaban J connectivity index is 1.61. The lowest BCUT2D eigenvalue weighted by Gasteiger charge is -2.13. The number of carbonyl (C=O) groups is 1. The standard InChI is InChI=1S/C21H16ClN3OS2/c1-13(19(26)25-16-9-5-8-15(22)10-16)28-21-18-17(14-6-3-2-4-7-14)11-27-20(18)23-12-24-21/h2-13H,1H3,(H,25,26)/t13-/m1/s1. The molecule has 2 aromatic carbocycles. The molecule has 1 atom stereocenters. The molecule has 4 nitrogen and oxygen atoms in total. The van der Waals surface area contributed by atoms with E-state index in [4.69, 9.17) is 11.6 Å². The van der Waals surface area contributed by atoms with Crippen molar-refractivity contribution in [1.82, 2.24) is 9.97 Å². The highest BCUT2D eigenvalue weighted by atomic mass is 35.5. The van der Waals surface area contributed by atoms with Crippen LogP contribution in [0.1, 0.15) is 6.92 Å². The Hall–Kier alpha value is -2.41. The summed E-state index contributed by atoms with van der Waals surface area (Å²) in [7, 11) is 0. The molecule has 0 radical (unpaired) electrons. The minimum atomic E-state index is -0.333. The summed E-state index contributed by atoms with van der Waals surface area (Å²) in [5, 5.41) is 7.05. The van der Waals surface area contributed by atoms with E-state index in [-0.39, 0.29) is 11.2 Å². The van der Waals surface area contributed by atoms with Gasteiger partial charge in [-0.05, 0) is 30.7 Å². The lowest BCUT2D eigenvalue weighted by Crippen LogP contribution is -2.22. The van der Waals surface area contributed by atoms with Crippen molar-refractivity contribution in [1.29, 1.82) is 0 Å². The van der Waals surface area contributed by atoms with Gasteiger partial charge < -0.3 is 5.32 Å². The van der Waals surface area contributed by atoms with E-state index in [1.54, 1.807) is 35.9 Å². The maximum absolute atomic E-state index is 12.6. The van der Waals surface area contributed by atoms with Crippen LogP contribution in [-0.4, -0.2) is 21.1 Å². The van der Waals surface area contributed by atoms with Crippen LogP contribution in [-0.2, 0) is 4.79 Å². The number of nitrogens with zero attached hydrogens (tertiary/aromatic N) is 2. The van der Waals surface area contributed by atoms with Gasteiger partial charge in [0.2, 0.25) is 5.91 Å². The lowest BCUT2D eigenvalue weighted by atomic mass is 10.1. The molecule has 28 heavy (non-hydrogen) atoms. The van der Waals surface area contributed by atoms with Crippen LogP contribution in [0.25, 0.3) is 21.3 Å². The van der Waals surface area contributed by atoms with Crippen molar-refractivity contribution in [3.63, 3.8) is 0 Å². The molecule has 0 saturated heterocycles. The first-order valence-electron chi connectivity index (χ1n) is 8.62. The molecule has 0 aliphatic rings. The van der Waals surface area contributed by atoms with Crippen LogP contribution in [0.2, 0.25) is 5.02 Å². The van der Waals surface area contributed by atoms with Gasteiger partial charge in [-0.15, -0.1) is 11.3 Å². The fourth-order valence-corrected chi connectivity index (χ4v) is 4.90. The first kappa shape index (κ1) is 18.9. The summed E-state index contributed by atoms with van der Waals surface area (Å²) in [6, 6.07) is 17.3. The molecule has 140 valence electrons. The summed E-state index contributed by atoms with van der Waals surface area (Å²) < 4.78 is 0. The third kappa shape index (κ3) is 4.04. The molecule has 4 aromatic rings. The van der Waals surface area contributed by atoms with Crippen molar-refractivity contribution < 1.29 is 4.79 Å². The van der Waals surface area contributed by atoms with E-state index in [0.29, 0.717) is 10.7 Å². The summed E-state index contributed by atoms with van der Waals surface area (Å²) >= 11 is 9.01. The second kappa shape index (κ2) is 8.31. The molecule has 0 unspecified atom stereocenters. The lowest BCUT2D eigenvalue weighted by molar-refractivity contribution is -0.115. The Kier molecular flexibility index (Phi) is 5.62. The molecule has 0 aliphatic heterocycles. The molecular formula is C21H16ClN3OS2. The Bertz CT molecular complexity index is 1130. The van der Waals surface area contributed by atoms with E-state index in [2.05, 4.69) is 32.8 Å². The number of anilines is 1. The average Bonchev–Trinajstić information content (AvgIpc) is 3.14. The van der Waals surface area contributed by atoms with E-state index in [1.807, 2.05) is 31.2 Å². The third-order valence-corrected chi connectivity index (χ3v) is 6.39. The monoisotopic (exact) mass is 425 g/mol. The number of thioether (sulfide) groups is 1. The van der Waals surface area contributed by atoms with Gasteiger partial charge in [-0.2, -0.15) is 0 Å². The molecule has 0 aliphatic carbocycles. The molecule has 0 saturated carbocycles. The van der Waals surface area contributed by atoms with Gasteiger partial charge >= 0.3 is 0 Å². The van der Waals surface area contributed by atoms with Crippen molar-refractivity contribution in [2.75, 3.05) is 5.32 Å². The maximum atomic E-state index is 12.6. The number of aromatic nitrogens is 2. The number of benzene rings is 2. The number of nitrogens with one attached hydrogen (secondary N) is 1.